The number of thiophene rings is 1. The number of benzene rings is 1. The summed E-state index contributed by atoms with van der Waals surface area (Å²) in [5, 5.41) is 1.90. The van der Waals surface area contributed by atoms with E-state index in [9.17, 15) is 9.59 Å². The molecule has 17 heavy (non-hydrogen) atoms. The highest BCUT2D eigenvalue weighted by Crippen LogP contribution is 2.17. The average Bonchev–Trinajstić information content (AvgIpc) is 2.82. The van der Waals surface area contributed by atoms with Crippen molar-refractivity contribution in [2.24, 2.45) is 0 Å². The van der Waals surface area contributed by atoms with Gasteiger partial charge in [-0.25, -0.2) is 0 Å². The Hall–Kier alpha value is -1.94. The molecular formula is C13H10O3S. The Labute approximate surface area is 103 Å². The minimum Gasteiger partial charge on any atom is -0.425 e. The summed E-state index contributed by atoms with van der Waals surface area (Å²) >= 11 is 1.50. The highest BCUT2D eigenvalue weighted by Gasteiger charge is 2.09. The molecule has 0 atom stereocenters. The molecule has 86 valence electrons. The topological polar surface area (TPSA) is 43.4 Å². The van der Waals surface area contributed by atoms with Crippen LogP contribution in [-0.2, 0) is 11.2 Å². The zero-order valence-corrected chi connectivity index (χ0v) is 9.78. The number of para-hydroxylation sites is 1. The Morgan fingerprint density at radius 2 is 2.06 bits per heavy atom. The molecule has 4 heteroatoms. The maximum absolute atomic E-state index is 11.6. The molecule has 0 radical (unpaired) electrons. The average molecular weight is 246 g/mol. The first kappa shape index (κ1) is 11.5. The predicted octanol–water partition coefficient (Wildman–Crippen LogP) is 2.71. The molecule has 0 aliphatic carbocycles. The van der Waals surface area contributed by atoms with Crippen molar-refractivity contribution >= 4 is 23.6 Å². The number of hydrogen-bond donors (Lipinski definition) is 0. The molecule has 0 unspecified atom stereocenters. The van der Waals surface area contributed by atoms with Gasteiger partial charge in [-0.3, -0.25) is 9.59 Å². The Morgan fingerprint density at radius 1 is 1.24 bits per heavy atom. The van der Waals surface area contributed by atoms with E-state index in [0.717, 1.165) is 4.88 Å². The molecule has 1 aromatic heterocycles. The molecule has 0 saturated heterocycles. The van der Waals surface area contributed by atoms with Crippen LogP contribution in [0.15, 0.2) is 41.8 Å². The fourth-order valence-corrected chi connectivity index (χ4v) is 2.08. The highest BCUT2D eigenvalue weighted by molar-refractivity contribution is 7.10. The van der Waals surface area contributed by atoms with Crippen molar-refractivity contribution in [1.82, 2.24) is 0 Å². The molecule has 0 aliphatic rings. The number of rotatable bonds is 4. The Morgan fingerprint density at radius 3 is 2.76 bits per heavy atom. The van der Waals surface area contributed by atoms with E-state index in [0.29, 0.717) is 17.6 Å². The van der Waals surface area contributed by atoms with Crippen LogP contribution >= 0.6 is 11.3 Å². The third kappa shape index (κ3) is 3.01. The van der Waals surface area contributed by atoms with Crippen LogP contribution in [0.2, 0.25) is 0 Å². The van der Waals surface area contributed by atoms with Gasteiger partial charge >= 0.3 is 5.97 Å². The molecule has 0 saturated carbocycles. The van der Waals surface area contributed by atoms with Gasteiger partial charge in [0.2, 0.25) is 0 Å². The van der Waals surface area contributed by atoms with Crippen LogP contribution in [0.4, 0.5) is 0 Å². The van der Waals surface area contributed by atoms with Crippen molar-refractivity contribution in [3.05, 3.63) is 52.2 Å². The molecule has 0 N–H and O–H groups in total. The van der Waals surface area contributed by atoms with E-state index in [-0.39, 0.29) is 12.4 Å². The summed E-state index contributed by atoms with van der Waals surface area (Å²) in [4.78, 5) is 23.3. The zero-order chi connectivity index (χ0) is 12.1. The summed E-state index contributed by atoms with van der Waals surface area (Å²) in [6.07, 6.45) is 0.901. The van der Waals surface area contributed by atoms with Crippen LogP contribution in [0.5, 0.6) is 5.75 Å². The lowest BCUT2D eigenvalue weighted by Gasteiger charge is -2.05. The third-order valence-corrected chi connectivity index (χ3v) is 3.04. The van der Waals surface area contributed by atoms with Gasteiger partial charge in [-0.05, 0) is 23.6 Å². The maximum atomic E-state index is 11.6. The summed E-state index contributed by atoms with van der Waals surface area (Å²) in [6.45, 7) is 0. The first-order chi connectivity index (χ1) is 8.29. The van der Waals surface area contributed by atoms with E-state index >= 15 is 0 Å². The molecule has 1 aromatic carbocycles. The van der Waals surface area contributed by atoms with Gasteiger partial charge in [0.25, 0.3) is 0 Å². The molecular weight excluding hydrogens is 236 g/mol. The first-order valence-corrected chi connectivity index (χ1v) is 5.95. The van der Waals surface area contributed by atoms with Crippen molar-refractivity contribution in [3.63, 3.8) is 0 Å². The lowest BCUT2D eigenvalue weighted by atomic mass is 10.2. The molecule has 0 fully saturated rings. The standard InChI is InChI=1S/C13H10O3S/c14-9-10-4-1-2-6-12(10)16-13(15)8-11-5-3-7-17-11/h1-7,9H,8H2. The van der Waals surface area contributed by atoms with Crippen LogP contribution in [0.25, 0.3) is 0 Å². The second kappa shape index (κ2) is 5.41. The Kier molecular flexibility index (Phi) is 3.67. The minimum absolute atomic E-state index is 0.227. The molecule has 2 aromatic rings. The fraction of sp³-hybridized carbons (Fsp3) is 0.0769. The van der Waals surface area contributed by atoms with Gasteiger partial charge in [-0.15, -0.1) is 11.3 Å². The number of ether oxygens (including phenoxy) is 1. The zero-order valence-electron chi connectivity index (χ0n) is 8.96. The second-order valence-corrected chi connectivity index (χ2v) is 4.42. The summed E-state index contributed by atoms with van der Waals surface area (Å²) in [7, 11) is 0. The monoisotopic (exact) mass is 246 g/mol. The number of hydrogen-bond acceptors (Lipinski definition) is 4. The van der Waals surface area contributed by atoms with Gasteiger partial charge in [0.1, 0.15) is 5.75 Å². The molecule has 2 rings (SSSR count). The van der Waals surface area contributed by atoms with Crippen molar-refractivity contribution < 1.29 is 14.3 Å². The van der Waals surface area contributed by atoms with Crippen LogP contribution in [0, 0.1) is 0 Å². The second-order valence-electron chi connectivity index (χ2n) is 3.39. The highest BCUT2D eigenvalue weighted by atomic mass is 32.1. The maximum Gasteiger partial charge on any atom is 0.316 e. The molecule has 0 aliphatic heterocycles. The lowest BCUT2D eigenvalue weighted by molar-refractivity contribution is -0.133. The summed E-state index contributed by atoms with van der Waals surface area (Å²) < 4.78 is 5.15. The SMILES string of the molecule is O=Cc1ccccc1OC(=O)Cc1cccs1. The number of esters is 1. The smallest absolute Gasteiger partial charge is 0.316 e. The Balaban J connectivity index is 2.05. The van der Waals surface area contributed by atoms with E-state index in [1.54, 1.807) is 24.3 Å². The van der Waals surface area contributed by atoms with Crippen molar-refractivity contribution in [2.75, 3.05) is 0 Å². The molecule has 1 heterocycles. The number of aldehydes is 1. The van der Waals surface area contributed by atoms with Gasteiger partial charge in [0, 0.05) is 4.88 Å². The van der Waals surface area contributed by atoms with Gasteiger partial charge in [-0.1, -0.05) is 18.2 Å². The number of carbonyl (C=O) groups excluding carboxylic acids is 2. The van der Waals surface area contributed by atoms with Crippen molar-refractivity contribution in [3.8, 4) is 5.75 Å². The minimum atomic E-state index is -0.359. The third-order valence-electron chi connectivity index (χ3n) is 2.17. The van der Waals surface area contributed by atoms with Crippen molar-refractivity contribution in [2.45, 2.75) is 6.42 Å². The molecule has 0 spiro atoms. The van der Waals surface area contributed by atoms with E-state index in [4.69, 9.17) is 4.74 Å². The summed E-state index contributed by atoms with van der Waals surface area (Å²) in [6, 6.07) is 10.4. The van der Waals surface area contributed by atoms with Crippen LogP contribution in [-0.4, -0.2) is 12.3 Å². The van der Waals surface area contributed by atoms with Gasteiger partial charge in [0.05, 0.1) is 12.0 Å². The summed E-state index contributed by atoms with van der Waals surface area (Å²) in [5.74, 6) is -0.0502. The largest absolute Gasteiger partial charge is 0.425 e. The normalized spacial score (nSPS) is 9.88. The Bertz CT molecular complexity index is 517. The lowest BCUT2D eigenvalue weighted by Crippen LogP contribution is -2.11. The van der Waals surface area contributed by atoms with Gasteiger partial charge < -0.3 is 4.74 Å². The van der Waals surface area contributed by atoms with E-state index < -0.39 is 0 Å². The van der Waals surface area contributed by atoms with Crippen LogP contribution in [0.3, 0.4) is 0 Å². The number of carbonyl (C=O) groups is 2. The van der Waals surface area contributed by atoms with Crippen LogP contribution in [0.1, 0.15) is 15.2 Å². The molecule has 3 nitrogen and oxygen atoms in total. The van der Waals surface area contributed by atoms with E-state index in [1.807, 2.05) is 17.5 Å². The summed E-state index contributed by atoms with van der Waals surface area (Å²) in [5.41, 5.74) is 0.382. The van der Waals surface area contributed by atoms with Crippen molar-refractivity contribution in [1.29, 1.82) is 0 Å². The predicted molar refractivity (Wildman–Crippen MR) is 65.5 cm³/mol. The van der Waals surface area contributed by atoms with E-state index in [1.165, 1.54) is 11.3 Å². The first-order valence-electron chi connectivity index (χ1n) is 5.07. The quantitative estimate of drug-likeness (QED) is 0.473. The van der Waals surface area contributed by atoms with E-state index in [2.05, 4.69) is 0 Å². The van der Waals surface area contributed by atoms with Crippen LogP contribution < -0.4 is 4.74 Å². The fourth-order valence-electron chi connectivity index (χ4n) is 1.38. The molecule has 0 amide bonds. The van der Waals surface area contributed by atoms with Gasteiger partial charge in [-0.2, -0.15) is 0 Å². The van der Waals surface area contributed by atoms with Gasteiger partial charge in [0.15, 0.2) is 6.29 Å². The molecule has 0 bridgehead atoms.